The van der Waals surface area contributed by atoms with E-state index in [1.54, 1.807) is 0 Å². The van der Waals surface area contributed by atoms with Crippen LogP contribution in [-0.4, -0.2) is 0 Å². The molecule has 0 bridgehead atoms. The highest BCUT2D eigenvalue weighted by Gasteiger charge is 2.03. The van der Waals surface area contributed by atoms with Crippen LogP contribution in [0.2, 0.25) is 0 Å². The van der Waals surface area contributed by atoms with Crippen LogP contribution in [0, 0.1) is 18.3 Å². The summed E-state index contributed by atoms with van der Waals surface area (Å²) in [5, 5.41) is 8.85. The summed E-state index contributed by atoms with van der Waals surface area (Å²) in [5.74, 6) is 0. The molecule has 0 N–H and O–H groups in total. The minimum atomic E-state index is 0.814. The van der Waals surface area contributed by atoms with Gasteiger partial charge in [-0.2, -0.15) is 5.26 Å². The fourth-order valence-electron chi connectivity index (χ4n) is 1.59. The van der Waals surface area contributed by atoms with Crippen LogP contribution in [0.5, 0.6) is 0 Å². The molecule has 0 saturated carbocycles. The molecule has 1 rings (SSSR count). The first-order valence-corrected chi connectivity index (χ1v) is 4.75. The van der Waals surface area contributed by atoms with Gasteiger partial charge in [-0.3, -0.25) is 0 Å². The molecule has 0 radical (unpaired) electrons. The molecule has 1 nitrogen and oxygen atoms in total. The number of nitriles is 1. The smallest absolute Gasteiger partial charge is 0.0994 e. The van der Waals surface area contributed by atoms with E-state index in [0.29, 0.717) is 0 Å². The van der Waals surface area contributed by atoms with Crippen LogP contribution in [0.3, 0.4) is 0 Å². The third-order valence-corrected chi connectivity index (χ3v) is 2.43. The van der Waals surface area contributed by atoms with Crippen LogP contribution in [0.15, 0.2) is 12.1 Å². The van der Waals surface area contributed by atoms with Crippen LogP contribution < -0.4 is 0 Å². The third-order valence-electron chi connectivity index (χ3n) is 2.43. The highest BCUT2D eigenvalue weighted by Crippen LogP contribution is 2.17. The molecule has 0 heterocycles. The molecule has 0 aliphatic rings. The molecule has 13 heavy (non-hydrogen) atoms. The van der Waals surface area contributed by atoms with Gasteiger partial charge in [0, 0.05) is 0 Å². The molecule has 0 amide bonds. The Labute approximate surface area is 80.0 Å². The molecule has 0 aromatic heterocycles. The largest absolute Gasteiger partial charge is 0.192 e. The van der Waals surface area contributed by atoms with Crippen molar-refractivity contribution in [3.05, 3.63) is 34.4 Å². The van der Waals surface area contributed by atoms with Crippen molar-refractivity contribution < 1.29 is 0 Å². The molecular formula is C12H15N. The topological polar surface area (TPSA) is 23.8 Å². The molecule has 0 aliphatic heterocycles. The Bertz CT molecular complexity index is 345. The Morgan fingerprint density at radius 1 is 1.15 bits per heavy atom. The van der Waals surface area contributed by atoms with Gasteiger partial charge in [0.2, 0.25) is 0 Å². The highest BCUT2D eigenvalue weighted by molar-refractivity contribution is 5.44. The first-order chi connectivity index (χ1) is 6.22. The molecule has 1 aromatic rings. The van der Waals surface area contributed by atoms with E-state index in [1.807, 2.05) is 13.0 Å². The lowest BCUT2D eigenvalue weighted by molar-refractivity contribution is 1.03. The van der Waals surface area contributed by atoms with Crippen molar-refractivity contribution in [1.82, 2.24) is 0 Å². The van der Waals surface area contributed by atoms with Gasteiger partial charge in [-0.05, 0) is 42.5 Å². The molecule has 0 atom stereocenters. The summed E-state index contributed by atoms with van der Waals surface area (Å²) < 4.78 is 0. The van der Waals surface area contributed by atoms with Crippen LogP contribution in [0.25, 0.3) is 0 Å². The summed E-state index contributed by atoms with van der Waals surface area (Å²) in [7, 11) is 0. The van der Waals surface area contributed by atoms with Crippen molar-refractivity contribution in [3.63, 3.8) is 0 Å². The number of benzene rings is 1. The van der Waals surface area contributed by atoms with Gasteiger partial charge in [-0.25, -0.2) is 0 Å². The Kier molecular flexibility index (Phi) is 3.08. The monoisotopic (exact) mass is 173 g/mol. The minimum Gasteiger partial charge on any atom is -0.192 e. The maximum atomic E-state index is 8.85. The summed E-state index contributed by atoms with van der Waals surface area (Å²) in [6, 6.07) is 6.38. The number of nitrogens with zero attached hydrogens (tertiary/aromatic N) is 1. The maximum Gasteiger partial charge on any atom is 0.0994 e. The van der Waals surface area contributed by atoms with E-state index in [-0.39, 0.29) is 0 Å². The van der Waals surface area contributed by atoms with Crippen molar-refractivity contribution >= 4 is 0 Å². The number of aryl methyl sites for hydroxylation is 3. The van der Waals surface area contributed by atoms with Crippen LogP contribution >= 0.6 is 0 Å². The lowest BCUT2D eigenvalue weighted by atomic mass is 9.97. The van der Waals surface area contributed by atoms with Gasteiger partial charge in [0.1, 0.15) is 0 Å². The van der Waals surface area contributed by atoms with Crippen LogP contribution in [0.4, 0.5) is 0 Å². The second-order valence-corrected chi connectivity index (χ2v) is 3.25. The first-order valence-electron chi connectivity index (χ1n) is 4.75. The van der Waals surface area contributed by atoms with Crippen LogP contribution in [-0.2, 0) is 12.8 Å². The molecule has 0 spiro atoms. The zero-order valence-electron chi connectivity index (χ0n) is 8.52. The number of hydrogen-bond acceptors (Lipinski definition) is 1. The summed E-state index contributed by atoms with van der Waals surface area (Å²) in [5.41, 5.74) is 4.59. The van der Waals surface area contributed by atoms with E-state index in [2.05, 4.69) is 26.0 Å². The predicted octanol–water partition coefficient (Wildman–Crippen LogP) is 2.99. The van der Waals surface area contributed by atoms with Gasteiger partial charge in [-0.1, -0.05) is 19.9 Å². The van der Waals surface area contributed by atoms with Crippen molar-refractivity contribution in [3.8, 4) is 6.07 Å². The summed E-state index contributed by atoms with van der Waals surface area (Å²) in [4.78, 5) is 0. The molecular weight excluding hydrogens is 158 g/mol. The Hall–Kier alpha value is -1.29. The Morgan fingerprint density at radius 2 is 1.69 bits per heavy atom. The molecule has 68 valence electrons. The Balaban J connectivity index is 3.28. The SMILES string of the molecule is CCc1cc(C)c(C#N)cc1CC. The van der Waals surface area contributed by atoms with Gasteiger partial charge in [0.25, 0.3) is 0 Å². The lowest BCUT2D eigenvalue weighted by Crippen LogP contribution is -1.94. The quantitative estimate of drug-likeness (QED) is 0.674. The van der Waals surface area contributed by atoms with Gasteiger partial charge >= 0.3 is 0 Å². The predicted molar refractivity (Wildman–Crippen MR) is 54.7 cm³/mol. The average molecular weight is 173 g/mol. The van der Waals surface area contributed by atoms with E-state index >= 15 is 0 Å². The first kappa shape index (κ1) is 9.80. The standard InChI is InChI=1S/C12H15N/c1-4-10-6-9(3)12(8-13)7-11(10)5-2/h6-7H,4-5H2,1-3H3. The minimum absolute atomic E-state index is 0.814. The molecule has 0 saturated heterocycles. The fraction of sp³-hybridized carbons (Fsp3) is 0.417. The van der Waals surface area contributed by atoms with E-state index in [4.69, 9.17) is 5.26 Å². The molecule has 0 fully saturated rings. The third kappa shape index (κ3) is 1.89. The fourth-order valence-corrected chi connectivity index (χ4v) is 1.59. The van der Waals surface area contributed by atoms with E-state index in [1.165, 1.54) is 11.1 Å². The van der Waals surface area contributed by atoms with Crippen LogP contribution in [0.1, 0.15) is 36.1 Å². The normalized spacial score (nSPS) is 9.69. The van der Waals surface area contributed by atoms with Gasteiger partial charge in [0.15, 0.2) is 0 Å². The van der Waals surface area contributed by atoms with Gasteiger partial charge in [-0.15, -0.1) is 0 Å². The van der Waals surface area contributed by atoms with Crippen molar-refractivity contribution in [1.29, 1.82) is 5.26 Å². The maximum absolute atomic E-state index is 8.85. The van der Waals surface area contributed by atoms with Gasteiger partial charge in [0.05, 0.1) is 11.6 Å². The average Bonchev–Trinajstić information content (AvgIpc) is 2.17. The van der Waals surface area contributed by atoms with Gasteiger partial charge < -0.3 is 0 Å². The van der Waals surface area contributed by atoms with E-state index < -0.39 is 0 Å². The zero-order valence-corrected chi connectivity index (χ0v) is 8.52. The second kappa shape index (κ2) is 4.09. The summed E-state index contributed by atoms with van der Waals surface area (Å²) in [6.07, 6.45) is 2.06. The summed E-state index contributed by atoms with van der Waals surface area (Å²) >= 11 is 0. The number of rotatable bonds is 2. The van der Waals surface area contributed by atoms with E-state index in [0.717, 1.165) is 24.0 Å². The molecule has 0 unspecified atom stereocenters. The Morgan fingerprint density at radius 3 is 2.15 bits per heavy atom. The molecule has 1 heteroatoms. The highest BCUT2D eigenvalue weighted by atomic mass is 14.2. The zero-order chi connectivity index (χ0) is 9.84. The summed E-state index contributed by atoms with van der Waals surface area (Å²) in [6.45, 7) is 6.28. The van der Waals surface area contributed by atoms with E-state index in [9.17, 15) is 0 Å². The second-order valence-electron chi connectivity index (χ2n) is 3.25. The number of hydrogen-bond donors (Lipinski definition) is 0. The van der Waals surface area contributed by atoms with Crippen molar-refractivity contribution in [2.24, 2.45) is 0 Å². The molecule has 1 aromatic carbocycles. The lowest BCUT2D eigenvalue weighted by Gasteiger charge is -2.08. The van der Waals surface area contributed by atoms with Crippen molar-refractivity contribution in [2.45, 2.75) is 33.6 Å². The molecule has 0 aliphatic carbocycles. The van der Waals surface area contributed by atoms with Crippen molar-refractivity contribution in [2.75, 3.05) is 0 Å².